The van der Waals surface area contributed by atoms with Crippen LogP contribution < -0.4 is 4.43 Å². The van der Waals surface area contributed by atoms with Gasteiger partial charge >= 0.3 is 0 Å². The Kier molecular flexibility index (Phi) is 6.51. The van der Waals surface area contributed by atoms with Gasteiger partial charge in [-0.15, -0.1) is 0 Å². The minimum Gasteiger partial charge on any atom is -0.543 e. The first-order valence-electron chi connectivity index (χ1n) is 8.87. The molecule has 0 heterocycles. The van der Waals surface area contributed by atoms with Crippen molar-refractivity contribution in [3.8, 4) is 5.75 Å². The fourth-order valence-corrected chi connectivity index (χ4v) is 7.06. The van der Waals surface area contributed by atoms with Crippen molar-refractivity contribution in [1.29, 1.82) is 0 Å². The first kappa shape index (κ1) is 19.5. The Morgan fingerprint density at radius 3 is 1.86 bits per heavy atom. The number of para-hydroxylation sites is 1. The van der Waals surface area contributed by atoms with E-state index in [-0.39, 0.29) is 0 Å². The molecule has 126 valence electrons. The summed E-state index contributed by atoms with van der Waals surface area (Å²) in [7, 11) is -2.94. The van der Waals surface area contributed by atoms with Crippen LogP contribution in [0.1, 0.15) is 47.1 Å². The minimum atomic E-state index is -1.60. The van der Waals surface area contributed by atoms with Gasteiger partial charge in [-0.05, 0) is 40.8 Å². The summed E-state index contributed by atoms with van der Waals surface area (Å²) in [5.74, 6) is 1.17. The Balaban J connectivity index is 3.10. The molecule has 1 aromatic carbocycles. The first-order valence-corrected chi connectivity index (χ1v) is 14.6. The molecule has 0 N–H and O–H groups in total. The van der Waals surface area contributed by atoms with Crippen molar-refractivity contribution in [3.63, 3.8) is 0 Å². The van der Waals surface area contributed by atoms with Crippen LogP contribution in [0.4, 0.5) is 0 Å². The Labute approximate surface area is 140 Å². The van der Waals surface area contributed by atoms with Gasteiger partial charge in [0.2, 0.25) is 8.32 Å². The number of hydrogen-bond acceptors (Lipinski definition) is 1. The highest BCUT2D eigenvalue weighted by Gasteiger charge is 2.36. The molecule has 0 radical (unpaired) electrons. The second-order valence-electron chi connectivity index (χ2n) is 8.26. The normalized spacial score (nSPS) is 13.3. The third-order valence-corrected chi connectivity index (χ3v) is 15.7. The van der Waals surface area contributed by atoms with E-state index in [0.29, 0.717) is 5.04 Å². The Morgan fingerprint density at radius 1 is 0.909 bits per heavy atom. The van der Waals surface area contributed by atoms with Crippen molar-refractivity contribution >= 4 is 16.4 Å². The summed E-state index contributed by atoms with van der Waals surface area (Å²) in [6, 6.07) is 13.6. The molecule has 0 saturated carbocycles. The molecule has 3 heteroatoms. The van der Waals surface area contributed by atoms with Gasteiger partial charge in [0.05, 0.1) is 8.07 Å². The van der Waals surface area contributed by atoms with Crippen molar-refractivity contribution in [1.82, 2.24) is 0 Å². The maximum Gasteiger partial charge on any atom is 0.250 e. The second kappa shape index (κ2) is 7.35. The van der Waals surface area contributed by atoms with Gasteiger partial charge in [0.15, 0.2) is 0 Å². The Morgan fingerprint density at radius 2 is 1.41 bits per heavy atom. The monoisotopic (exact) mass is 336 g/mol. The van der Waals surface area contributed by atoms with E-state index >= 15 is 0 Å². The molecule has 0 bridgehead atoms. The van der Waals surface area contributed by atoms with Crippen LogP contribution in [0, 0.1) is 0 Å². The van der Waals surface area contributed by atoms with Gasteiger partial charge in [-0.3, -0.25) is 0 Å². The molecule has 1 rings (SSSR count). The van der Waals surface area contributed by atoms with E-state index in [0.717, 1.165) is 0 Å². The predicted octanol–water partition coefficient (Wildman–Crippen LogP) is 6.66. The largest absolute Gasteiger partial charge is 0.543 e. The van der Waals surface area contributed by atoms with Crippen molar-refractivity contribution < 1.29 is 4.43 Å². The molecule has 1 aromatic rings. The fraction of sp³-hybridized carbons (Fsp3) is 0.684. The maximum atomic E-state index is 6.70. The molecule has 1 nitrogen and oxygen atoms in total. The molecule has 0 amide bonds. The van der Waals surface area contributed by atoms with Crippen LogP contribution in [0.25, 0.3) is 0 Å². The molecular weight excluding hydrogens is 300 g/mol. The van der Waals surface area contributed by atoms with Crippen molar-refractivity contribution in [2.24, 2.45) is 0 Å². The highest BCUT2D eigenvalue weighted by molar-refractivity contribution is 6.79. The minimum absolute atomic E-state index is 0.412. The summed E-state index contributed by atoms with van der Waals surface area (Å²) in [6.45, 7) is 19.1. The van der Waals surface area contributed by atoms with Gasteiger partial charge in [0.1, 0.15) is 5.75 Å². The standard InChI is InChI=1S/C19H36OSi2/c1-9-22(10-2,11-3)20-18-15-13-12-14-17(18)16-21(7,8)19(4,5)6/h12-15H,9-11,16H2,1-8H3. The summed E-state index contributed by atoms with van der Waals surface area (Å²) in [6.07, 6.45) is 0. The smallest absolute Gasteiger partial charge is 0.250 e. The van der Waals surface area contributed by atoms with Crippen molar-refractivity contribution in [2.75, 3.05) is 0 Å². The molecule has 0 aliphatic carbocycles. The van der Waals surface area contributed by atoms with E-state index < -0.39 is 16.4 Å². The maximum absolute atomic E-state index is 6.70. The molecule has 0 saturated heterocycles. The first-order chi connectivity index (χ1) is 10.1. The SMILES string of the molecule is CC[Si](CC)(CC)Oc1ccccc1C[Si](C)(C)C(C)(C)C. The van der Waals surface area contributed by atoms with Crippen molar-refractivity contribution in [3.05, 3.63) is 29.8 Å². The van der Waals surface area contributed by atoms with Gasteiger partial charge in [-0.1, -0.05) is 72.8 Å². The highest BCUT2D eigenvalue weighted by atomic mass is 28.4. The Bertz CT molecular complexity index is 439. The van der Waals surface area contributed by atoms with Crippen LogP contribution in [-0.2, 0) is 6.04 Å². The zero-order valence-electron chi connectivity index (χ0n) is 16.0. The van der Waals surface area contributed by atoms with Gasteiger partial charge in [-0.25, -0.2) is 0 Å². The van der Waals surface area contributed by atoms with E-state index in [9.17, 15) is 0 Å². The molecule has 0 unspecified atom stereocenters. The van der Waals surface area contributed by atoms with E-state index in [4.69, 9.17) is 4.43 Å². The summed E-state index contributed by atoms with van der Waals surface area (Å²) < 4.78 is 6.70. The number of hydrogen-bond donors (Lipinski definition) is 0. The summed E-state index contributed by atoms with van der Waals surface area (Å²) >= 11 is 0. The van der Waals surface area contributed by atoms with Crippen LogP contribution in [0.15, 0.2) is 24.3 Å². The van der Waals surface area contributed by atoms with Gasteiger partial charge in [0.25, 0.3) is 0 Å². The molecular formula is C19H36OSi2. The summed E-state index contributed by atoms with van der Waals surface area (Å²) in [5.41, 5.74) is 1.43. The van der Waals surface area contributed by atoms with Crippen LogP contribution in [0.3, 0.4) is 0 Å². The number of rotatable bonds is 7. The lowest BCUT2D eigenvalue weighted by Crippen LogP contribution is -2.42. The third kappa shape index (κ3) is 4.48. The summed E-state index contributed by atoms with van der Waals surface area (Å²) in [4.78, 5) is 0. The Hall–Kier alpha value is -0.546. The van der Waals surface area contributed by atoms with Gasteiger partial charge < -0.3 is 4.43 Å². The van der Waals surface area contributed by atoms with Gasteiger partial charge in [-0.2, -0.15) is 0 Å². The topological polar surface area (TPSA) is 9.23 Å². The third-order valence-electron chi connectivity index (χ3n) is 5.89. The zero-order valence-corrected chi connectivity index (χ0v) is 18.0. The zero-order chi connectivity index (χ0) is 17.0. The molecule has 0 fully saturated rings. The molecule has 0 aromatic heterocycles. The quantitative estimate of drug-likeness (QED) is 0.506. The van der Waals surface area contributed by atoms with E-state index in [1.165, 1.54) is 35.5 Å². The van der Waals surface area contributed by atoms with E-state index in [1.807, 2.05) is 0 Å². The molecule has 0 aliphatic heterocycles. The summed E-state index contributed by atoms with van der Waals surface area (Å²) in [5, 5.41) is 0.412. The van der Waals surface area contributed by atoms with Crippen LogP contribution in [0.2, 0.25) is 36.3 Å². The highest BCUT2D eigenvalue weighted by Crippen LogP contribution is 2.40. The van der Waals surface area contributed by atoms with Crippen LogP contribution in [-0.4, -0.2) is 16.4 Å². The second-order valence-corrected chi connectivity index (χ2v) is 18.6. The lowest BCUT2D eigenvalue weighted by molar-refractivity contribution is 0.526. The fourth-order valence-electron chi connectivity index (χ4n) is 2.69. The van der Waals surface area contributed by atoms with Crippen LogP contribution in [0.5, 0.6) is 5.75 Å². The average Bonchev–Trinajstić information content (AvgIpc) is 2.45. The molecule has 22 heavy (non-hydrogen) atoms. The van der Waals surface area contributed by atoms with E-state index in [2.05, 4.69) is 78.9 Å². The van der Waals surface area contributed by atoms with Crippen LogP contribution >= 0.6 is 0 Å². The lowest BCUT2D eigenvalue weighted by Gasteiger charge is -2.38. The van der Waals surface area contributed by atoms with Crippen molar-refractivity contribution in [2.45, 2.75) is 83.9 Å². The molecule has 0 atom stereocenters. The molecule has 0 spiro atoms. The number of benzene rings is 1. The lowest BCUT2D eigenvalue weighted by atomic mass is 10.2. The predicted molar refractivity (Wildman–Crippen MR) is 105 cm³/mol. The average molecular weight is 337 g/mol. The van der Waals surface area contributed by atoms with Gasteiger partial charge in [0, 0.05) is 0 Å². The van der Waals surface area contributed by atoms with E-state index in [1.54, 1.807) is 0 Å². The molecule has 0 aliphatic rings.